The second-order valence-electron chi connectivity index (χ2n) is 5.98. The van der Waals surface area contributed by atoms with Crippen molar-refractivity contribution in [2.45, 2.75) is 20.3 Å². The lowest BCUT2D eigenvalue weighted by atomic mass is 10.1. The molecule has 1 N–H and O–H groups in total. The Morgan fingerprint density at radius 1 is 1.19 bits per heavy atom. The molecule has 2 aromatic carbocycles. The first-order chi connectivity index (χ1) is 12.3. The zero-order chi connectivity index (χ0) is 19.3. The van der Waals surface area contributed by atoms with Gasteiger partial charge in [-0.3, -0.25) is 9.10 Å². The van der Waals surface area contributed by atoms with Crippen molar-refractivity contribution >= 4 is 27.3 Å². The summed E-state index contributed by atoms with van der Waals surface area (Å²) < 4.78 is 30.6. The monoisotopic (exact) mass is 376 g/mol. The van der Waals surface area contributed by atoms with Crippen molar-refractivity contribution in [3.05, 3.63) is 53.6 Å². The van der Waals surface area contributed by atoms with Gasteiger partial charge in [0.05, 0.1) is 19.1 Å². The molecular formula is C19H24N2O4S. The Kier molecular flexibility index (Phi) is 6.26. The highest BCUT2D eigenvalue weighted by molar-refractivity contribution is 7.92. The van der Waals surface area contributed by atoms with Crippen molar-refractivity contribution in [3.8, 4) is 5.75 Å². The minimum absolute atomic E-state index is 0.316. The summed E-state index contributed by atoms with van der Waals surface area (Å²) in [5.74, 6) is 0.117. The Morgan fingerprint density at radius 2 is 1.88 bits per heavy atom. The van der Waals surface area contributed by atoms with Crippen LogP contribution in [-0.4, -0.2) is 34.2 Å². The highest BCUT2D eigenvalue weighted by Crippen LogP contribution is 2.24. The van der Waals surface area contributed by atoms with E-state index in [1.807, 2.05) is 32.0 Å². The molecular weight excluding hydrogens is 352 g/mol. The van der Waals surface area contributed by atoms with E-state index < -0.39 is 15.9 Å². The number of carbonyl (C=O) groups is 1. The summed E-state index contributed by atoms with van der Waals surface area (Å²) in [6, 6.07) is 12.4. The molecule has 2 aromatic rings. The number of nitrogens with zero attached hydrogens (tertiary/aromatic N) is 1. The molecule has 6 nitrogen and oxygen atoms in total. The van der Waals surface area contributed by atoms with Crippen molar-refractivity contribution in [1.29, 1.82) is 0 Å². The first-order valence-corrected chi connectivity index (χ1v) is 10.1. The highest BCUT2D eigenvalue weighted by Gasteiger charge is 2.22. The van der Waals surface area contributed by atoms with Gasteiger partial charge in [-0.05, 0) is 36.6 Å². The van der Waals surface area contributed by atoms with E-state index in [4.69, 9.17) is 4.74 Å². The Balaban J connectivity index is 2.28. The molecule has 26 heavy (non-hydrogen) atoms. The van der Waals surface area contributed by atoms with E-state index in [9.17, 15) is 13.2 Å². The summed E-state index contributed by atoms with van der Waals surface area (Å²) in [5.41, 5.74) is 3.05. The molecule has 0 bridgehead atoms. The molecule has 140 valence electrons. The van der Waals surface area contributed by atoms with Crippen LogP contribution in [0.4, 0.5) is 11.4 Å². The molecule has 0 aliphatic rings. The van der Waals surface area contributed by atoms with Crippen LogP contribution in [-0.2, 0) is 21.2 Å². The lowest BCUT2D eigenvalue weighted by molar-refractivity contribution is -0.114. The molecule has 0 unspecified atom stereocenters. The third kappa shape index (κ3) is 4.76. The second-order valence-corrected chi connectivity index (χ2v) is 7.89. The Hall–Kier alpha value is -2.54. The molecule has 0 fully saturated rings. The van der Waals surface area contributed by atoms with Crippen LogP contribution in [0.15, 0.2) is 42.5 Å². The van der Waals surface area contributed by atoms with Crippen molar-refractivity contribution in [2.75, 3.05) is 29.5 Å². The number of methoxy groups -OCH3 is 1. The Bertz CT molecular complexity index is 894. The van der Waals surface area contributed by atoms with Crippen molar-refractivity contribution < 1.29 is 17.9 Å². The van der Waals surface area contributed by atoms with Crippen molar-refractivity contribution in [1.82, 2.24) is 0 Å². The molecule has 2 rings (SSSR count). The predicted octanol–water partition coefficient (Wildman–Crippen LogP) is 2.97. The average molecular weight is 376 g/mol. The molecule has 0 saturated heterocycles. The fraction of sp³-hybridized carbons (Fsp3) is 0.316. The summed E-state index contributed by atoms with van der Waals surface area (Å²) in [4.78, 5) is 12.6. The van der Waals surface area contributed by atoms with E-state index in [1.54, 1.807) is 24.3 Å². The standard InChI is InChI=1S/C19H24N2O4S/c1-5-15-9-6-8-14(2)19(15)20-18(22)13-21(26(4,23)24)16-10-7-11-17(12-16)25-3/h6-12H,5,13H2,1-4H3,(H,20,22). The second kappa shape index (κ2) is 8.23. The first-order valence-electron chi connectivity index (χ1n) is 8.26. The van der Waals surface area contributed by atoms with Gasteiger partial charge in [0, 0.05) is 11.8 Å². The van der Waals surface area contributed by atoms with E-state index in [0.29, 0.717) is 11.4 Å². The van der Waals surface area contributed by atoms with Gasteiger partial charge in [0.2, 0.25) is 15.9 Å². The van der Waals surface area contributed by atoms with Crippen LogP contribution < -0.4 is 14.4 Å². The van der Waals surface area contributed by atoms with Crippen LogP contribution in [0, 0.1) is 6.92 Å². The lowest BCUT2D eigenvalue weighted by Crippen LogP contribution is -2.37. The molecule has 0 atom stereocenters. The summed E-state index contributed by atoms with van der Waals surface area (Å²) in [6.07, 6.45) is 1.84. The van der Waals surface area contributed by atoms with Crippen LogP contribution in [0.5, 0.6) is 5.75 Å². The predicted molar refractivity (Wildman–Crippen MR) is 104 cm³/mol. The third-order valence-electron chi connectivity index (χ3n) is 4.03. The number of rotatable bonds is 7. The van der Waals surface area contributed by atoms with Gasteiger partial charge in [-0.2, -0.15) is 0 Å². The first kappa shape index (κ1) is 19.8. The fourth-order valence-corrected chi connectivity index (χ4v) is 3.53. The lowest BCUT2D eigenvalue weighted by Gasteiger charge is -2.23. The number of amides is 1. The Morgan fingerprint density at radius 3 is 2.50 bits per heavy atom. The maximum absolute atomic E-state index is 12.6. The quantitative estimate of drug-likeness (QED) is 0.806. The zero-order valence-electron chi connectivity index (χ0n) is 15.4. The third-order valence-corrected chi connectivity index (χ3v) is 5.17. The van der Waals surface area contributed by atoms with Gasteiger partial charge in [0.25, 0.3) is 0 Å². The number of nitrogens with one attached hydrogen (secondary N) is 1. The van der Waals surface area contributed by atoms with Gasteiger partial charge in [-0.1, -0.05) is 31.2 Å². The van der Waals surface area contributed by atoms with E-state index in [2.05, 4.69) is 5.32 Å². The van der Waals surface area contributed by atoms with Crippen LogP contribution >= 0.6 is 0 Å². The van der Waals surface area contributed by atoms with E-state index in [1.165, 1.54) is 7.11 Å². The van der Waals surface area contributed by atoms with Crippen LogP contribution in [0.1, 0.15) is 18.1 Å². The number of para-hydroxylation sites is 1. The fourth-order valence-electron chi connectivity index (χ4n) is 2.68. The number of ether oxygens (including phenoxy) is 1. The topological polar surface area (TPSA) is 75.7 Å². The van der Waals surface area contributed by atoms with Gasteiger partial charge in [-0.15, -0.1) is 0 Å². The highest BCUT2D eigenvalue weighted by atomic mass is 32.2. The van der Waals surface area contributed by atoms with Gasteiger partial charge in [0.1, 0.15) is 12.3 Å². The molecule has 0 spiro atoms. The molecule has 0 heterocycles. The number of hydrogen-bond acceptors (Lipinski definition) is 4. The number of hydrogen-bond donors (Lipinski definition) is 1. The van der Waals surface area contributed by atoms with Crippen LogP contribution in [0.2, 0.25) is 0 Å². The molecule has 7 heteroatoms. The van der Waals surface area contributed by atoms with Crippen LogP contribution in [0.25, 0.3) is 0 Å². The van der Waals surface area contributed by atoms with Crippen molar-refractivity contribution in [3.63, 3.8) is 0 Å². The summed E-state index contributed by atoms with van der Waals surface area (Å²) in [6.45, 7) is 3.60. The molecule has 1 amide bonds. The number of aryl methyl sites for hydroxylation is 2. The minimum Gasteiger partial charge on any atom is -0.497 e. The summed E-state index contributed by atoms with van der Waals surface area (Å²) in [5, 5.41) is 2.85. The molecule has 0 aliphatic heterocycles. The largest absolute Gasteiger partial charge is 0.497 e. The SMILES string of the molecule is CCc1cccc(C)c1NC(=O)CN(c1cccc(OC)c1)S(C)(=O)=O. The maximum atomic E-state index is 12.6. The molecule has 0 saturated carbocycles. The van der Waals surface area contributed by atoms with Crippen LogP contribution in [0.3, 0.4) is 0 Å². The Labute approximate surface area is 154 Å². The zero-order valence-corrected chi connectivity index (χ0v) is 16.3. The maximum Gasteiger partial charge on any atom is 0.245 e. The smallest absolute Gasteiger partial charge is 0.245 e. The van der Waals surface area contributed by atoms with E-state index in [-0.39, 0.29) is 6.54 Å². The van der Waals surface area contributed by atoms with E-state index >= 15 is 0 Å². The van der Waals surface area contributed by atoms with E-state index in [0.717, 1.165) is 33.8 Å². The minimum atomic E-state index is -3.64. The van der Waals surface area contributed by atoms with Gasteiger partial charge >= 0.3 is 0 Å². The van der Waals surface area contributed by atoms with Gasteiger partial charge < -0.3 is 10.1 Å². The summed E-state index contributed by atoms with van der Waals surface area (Å²) in [7, 11) is -2.14. The average Bonchev–Trinajstić information content (AvgIpc) is 2.60. The number of benzene rings is 2. The number of sulfonamides is 1. The molecule has 0 radical (unpaired) electrons. The molecule has 0 aliphatic carbocycles. The van der Waals surface area contributed by atoms with Gasteiger partial charge in [0.15, 0.2) is 0 Å². The summed E-state index contributed by atoms with van der Waals surface area (Å²) >= 11 is 0. The van der Waals surface area contributed by atoms with Crippen molar-refractivity contribution in [2.24, 2.45) is 0 Å². The molecule has 0 aromatic heterocycles. The number of anilines is 2. The van der Waals surface area contributed by atoms with Gasteiger partial charge in [-0.25, -0.2) is 8.42 Å². The number of carbonyl (C=O) groups excluding carboxylic acids is 1. The normalized spacial score (nSPS) is 11.1.